The van der Waals surface area contributed by atoms with Crippen LogP contribution in [0, 0.1) is 0 Å². The molecule has 0 fully saturated rings. The minimum absolute atomic E-state index is 0.650. The zero-order valence-electron chi connectivity index (χ0n) is 35.5. The number of furan rings is 1. The fourth-order valence-corrected chi connectivity index (χ4v) is 10.8. The van der Waals surface area contributed by atoms with E-state index in [-0.39, 0.29) is 0 Å². The zero-order valence-corrected chi connectivity index (χ0v) is 35.5. The van der Waals surface area contributed by atoms with E-state index < -0.39 is 5.41 Å². The Balaban J connectivity index is 1.14. The predicted molar refractivity (Wildman–Crippen MR) is 272 cm³/mol. The molecule has 304 valence electrons. The molecule has 13 rings (SSSR count). The second-order valence-electron chi connectivity index (χ2n) is 17.2. The minimum atomic E-state index is -0.650. The molecule has 11 aromatic carbocycles. The molecule has 0 bridgehead atoms. The number of hydrogen-bond donors (Lipinski definition) is 0. The van der Waals surface area contributed by atoms with Crippen molar-refractivity contribution in [3.8, 4) is 33.4 Å². The van der Waals surface area contributed by atoms with Crippen molar-refractivity contribution in [1.82, 2.24) is 0 Å². The molecule has 0 saturated heterocycles. The van der Waals surface area contributed by atoms with Crippen LogP contribution in [-0.2, 0) is 5.41 Å². The van der Waals surface area contributed by atoms with Crippen LogP contribution in [0.1, 0.15) is 22.3 Å². The first-order valence-corrected chi connectivity index (χ1v) is 22.4. The molecule has 1 aliphatic rings. The second kappa shape index (κ2) is 14.8. The SMILES string of the molecule is c1ccc(C2(c3ccccc3)c3ccccc3-c3c(N(c4ccc(-c5ccc6ccccc6c5)cc4)c4cccc5c4oc4ccccc45)ccc(-c4ccc5ccccc5c4)c32)cc1. The summed E-state index contributed by atoms with van der Waals surface area (Å²) in [4.78, 5) is 2.45. The summed E-state index contributed by atoms with van der Waals surface area (Å²) in [5.74, 6) is 0. The van der Waals surface area contributed by atoms with Gasteiger partial charge < -0.3 is 9.32 Å². The molecule has 0 aliphatic heterocycles. The first kappa shape index (κ1) is 37.1. The highest BCUT2D eigenvalue weighted by Gasteiger charge is 2.49. The Morgan fingerprint density at radius 3 is 1.65 bits per heavy atom. The van der Waals surface area contributed by atoms with Gasteiger partial charge in [-0.05, 0) is 114 Å². The van der Waals surface area contributed by atoms with E-state index in [1.165, 1.54) is 71.6 Å². The van der Waals surface area contributed by atoms with E-state index in [1.807, 2.05) is 0 Å². The van der Waals surface area contributed by atoms with Crippen molar-refractivity contribution in [2.75, 3.05) is 4.90 Å². The Labute approximate surface area is 377 Å². The van der Waals surface area contributed by atoms with E-state index in [2.05, 4.69) is 254 Å². The first-order chi connectivity index (χ1) is 32.2. The summed E-state index contributed by atoms with van der Waals surface area (Å²) in [7, 11) is 0. The molecule has 0 unspecified atom stereocenters. The predicted octanol–water partition coefficient (Wildman–Crippen LogP) is 17.1. The fourth-order valence-electron chi connectivity index (χ4n) is 10.8. The number of anilines is 3. The highest BCUT2D eigenvalue weighted by atomic mass is 16.3. The number of hydrogen-bond acceptors (Lipinski definition) is 2. The summed E-state index contributed by atoms with van der Waals surface area (Å²) in [5.41, 5.74) is 16.3. The van der Waals surface area contributed by atoms with Crippen molar-refractivity contribution in [2.24, 2.45) is 0 Å². The summed E-state index contributed by atoms with van der Waals surface area (Å²) in [6.07, 6.45) is 0. The Morgan fingerprint density at radius 2 is 0.923 bits per heavy atom. The molecule has 0 radical (unpaired) electrons. The quantitative estimate of drug-likeness (QED) is 0.159. The van der Waals surface area contributed by atoms with Crippen molar-refractivity contribution in [3.63, 3.8) is 0 Å². The van der Waals surface area contributed by atoms with E-state index in [9.17, 15) is 0 Å². The molecule has 0 amide bonds. The first-order valence-electron chi connectivity index (χ1n) is 22.4. The normalized spacial score (nSPS) is 12.7. The molecule has 0 N–H and O–H groups in total. The number of nitrogens with zero attached hydrogens (tertiary/aromatic N) is 1. The highest BCUT2D eigenvalue weighted by Crippen LogP contribution is 2.62. The van der Waals surface area contributed by atoms with Crippen molar-refractivity contribution in [1.29, 1.82) is 0 Å². The Hall–Kier alpha value is -8.46. The Kier molecular flexibility index (Phi) is 8.47. The third kappa shape index (κ3) is 5.74. The van der Waals surface area contributed by atoms with Crippen LogP contribution < -0.4 is 4.90 Å². The lowest BCUT2D eigenvalue weighted by Crippen LogP contribution is -2.29. The molecule has 0 saturated carbocycles. The third-order valence-corrected chi connectivity index (χ3v) is 13.7. The van der Waals surface area contributed by atoms with Gasteiger partial charge in [-0.25, -0.2) is 0 Å². The maximum atomic E-state index is 6.90. The average Bonchev–Trinajstić information content (AvgIpc) is 3.92. The van der Waals surface area contributed by atoms with Gasteiger partial charge in [-0.15, -0.1) is 0 Å². The van der Waals surface area contributed by atoms with Gasteiger partial charge in [-0.2, -0.15) is 0 Å². The molecule has 0 atom stereocenters. The smallest absolute Gasteiger partial charge is 0.159 e. The van der Waals surface area contributed by atoms with Crippen molar-refractivity contribution in [2.45, 2.75) is 5.41 Å². The van der Waals surface area contributed by atoms with Crippen LogP contribution in [0.4, 0.5) is 17.1 Å². The molecule has 1 heterocycles. The van der Waals surface area contributed by atoms with Crippen LogP contribution >= 0.6 is 0 Å². The van der Waals surface area contributed by atoms with Crippen molar-refractivity contribution < 1.29 is 4.42 Å². The van der Waals surface area contributed by atoms with Gasteiger partial charge in [0, 0.05) is 22.0 Å². The molecule has 12 aromatic rings. The lowest BCUT2D eigenvalue weighted by Gasteiger charge is -2.36. The van der Waals surface area contributed by atoms with Gasteiger partial charge in [0.1, 0.15) is 5.58 Å². The third-order valence-electron chi connectivity index (χ3n) is 13.7. The van der Waals surface area contributed by atoms with Gasteiger partial charge in [0.2, 0.25) is 0 Å². The maximum absolute atomic E-state index is 6.90. The molecular weight excluding hydrogens is 787 g/mol. The molecular formula is C63H41NO. The van der Waals surface area contributed by atoms with Gasteiger partial charge in [-0.3, -0.25) is 0 Å². The number of benzene rings is 11. The minimum Gasteiger partial charge on any atom is -0.454 e. The molecule has 2 nitrogen and oxygen atoms in total. The summed E-state index contributed by atoms with van der Waals surface area (Å²) >= 11 is 0. The Morgan fingerprint density at radius 1 is 0.354 bits per heavy atom. The van der Waals surface area contributed by atoms with Gasteiger partial charge in [0.05, 0.1) is 16.8 Å². The average molecular weight is 828 g/mol. The Bertz CT molecular complexity index is 3730. The largest absolute Gasteiger partial charge is 0.454 e. The van der Waals surface area contributed by atoms with E-state index in [0.29, 0.717) is 0 Å². The molecule has 1 aliphatic carbocycles. The van der Waals surface area contributed by atoms with Gasteiger partial charge in [0.15, 0.2) is 5.58 Å². The molecule has 65 heavy (non-hydrogen) atoms. The molecule has 0 spiro atoms. The summed E-state index contributed by atoms with van der Waals surface area (Å²) in [6.45, 7) is 0. The zero-order chi connectivity index (χ0) is 42.9. The van der Waals surface area contributed by atoms with E-state index in [1.54, 1.807) is 0 Å². The highest BCUT2D eigenvalue weighted by molar-refractivity contribution is 6.12. The van der Waals surface area contributed by atoms with Crippen LogP contribution in [0.5, 0.6) is 0 Å². The van der Waals surface area contributed by atoms with Crippen LogP contribution in [0.15, 0.2) is 253 Å². The van der Waals surface area contributed by atoms with Gasteiger partial charge >= 0.3 is 0 Å². The van der Waals surface area contributed by atoms with Crippen LogP contribution in [0.25, 0.3) is 76.9 Å². The monoisotopic (exact) mass is 827 g/mol. The summed E-state index contributed by atoms with van der Waals surface area (Å²) < 4.78 is 6.90. The standard InChI is InChI=1S/C63H41NO/c1-3-20-49(21-4-1)63(50-22-5-2-6-23-50)56-27-13-11-25-55(56)60-57(39-38-52(61(60)63)48-33-31-43-17-8-10-19-46(43)41-48)64(58-28-15-26-54-53-24-12-14-29-59(53)65-62(54)58)51-36-34-44(35-37-51)47-32-30-42-16-7-9-18-45(42)40-47/h1-41H. The van der Waals surface area contributed by atoms with Gasteiger partial charge in [-0.1, -0.05) is 206 Å². The number of rotatable bonds is 7. The summed E-state index contributed by atoms with van der Waals surface area (Å²) in [6, 6.07) is 91.0. The molecule has 1 aromatic heterocycles. The van der Waals surface area contributed by atoms with E-state index in [0.717, 1.165) is 44.6 Å². The van der Waals surface area contributed by atoms with Crippen molar-refractivity contribution in [3.05, 3.63) is 271 Å². The van der Waals surface area contributed by atoms with Crippen LogP contribution in [-0.4, -0.2) is 0 Å². The molecule has 2 heteroatoms. The number of para-hydroxylation sites is 2. The topological polar surface area (TPSA) is 16.4 Å². The van der Waals surface area contributed by atoms with E-state index >= 15 is 0 Å². The van der Waals surface area contributed by atoms with Crippen LogP contribution in [0.3, 0.4) is 0 Å². The van der Waals surface area contributed by atoms with Crippen LogP contribution in [0.2, 0.25) is 0 Å². The lowest BCUT2D eigenvalue weighted by molar-refractivity contribution is 0.669. The maximum Gasteiger partial charge on any atom is 0.159 e. The summed E-state index contributed by atoms with van der Waals surface area (Å²) in [5, 5.41) is 7.10. The number of fused-ring (bicyclic) bond motifs is 8. The lowest BCUT2D eigenvalue weighted by atomic mass is 9.66. The van der Waals surface area contributed by atoms with E-state index in [4.69, 9.17) is 4.42 Å². The van der Waals surface area contributed by atoms with Crippen molar-refractivity contribution >= 4 is 60.5 Å². The second-order valence-corrected chi connectivity index (χ2v) is 17.2. The van der Waals surface area contributed by atoms with Gasteiger partial charge in [0.25, 0.3) is 0 Å². The fraction of sp³-hybridized carbons (Fsp3) is 0.0159.